The van der Waals surface area contributed by atoms with Crippen LogP contribution in [0.4, 0.5) is 0 Å². The summed E-state index contributed by atoms with van der Waals surface area (Å²) in [7, 11) is 0. The molecule has 0 fully saturated rings. The fourth-order valence-electron chi connectivity index (χ4n) is 1.65. The predicted molar refractivity (Wildman–Crippen MR) is 64.3 cm³/mol. The van der Waals surface area contributed by atoms with Crippen LogP contribution in [-0.2, 0) is 4.74 Å². The third-order valence-corrected chi connectivity index (χ3v) is 2.64. The van der Waals surface area contributed by atoms with E-state index in [2.05, 4.69) is 37.2 Å². The van der Waals surface area contributed by atoms with Crippen LogP contribution in [-0.4, -0.2) is 30.6 Å². The first-order chi connectivity index (χ1) is 7.04. The Morgan fingerprint density at radius 2 is 2.27 bits per heavy atom. The topological polar surface area (TPSA) is 33.6 Å². The van der Waals surface area contributed by atoms with Crippen molar-refractivity contribution in [3.05, 3.63) is 11.6 Å². The van der Waals surface area contributed by atoms with Gasteiger partial charge in [0.15, 0.2) is 0 Å². The molecule has 0 bridgehead atoms. The summed E-state index contributed by atoms with van der Waals surface area (Å²) in [6.45, 7) is 11.0. The van der Waals surface area contributed by atoms with Crippen LogP contribution >= 0.6 is 0 Å². The molecule has 1 N–H and O–H groups in total. The largest absolute Gasteiger partial charge is 0.371 e. The molecule has 1 rings (SSSR count). The first kappa shape index (κ1) is 12.2. The second-order valence-electron chi connectivity index (χ2n) is 4.35. The molecule has 2 atom stereocenters. The lowest BCUT2D eigenvalue weighted by Crippen LogP contribution is -2.34. The molecule has 0 aromatic carbocycles. The fourth-order valence-corrected chi connectivity index (χ4v) is 1.65. The molecular formula is C12H22N2O. The number of nitrogens with one attached hydrogen (secondary N) is 1. The van der Waals surface area contributed by atoms with Crippen molar-refractivity contribution in [1.82, 2.24) is 5.32 Å². The molecule has 0 radical (unpaired) electrons. The standard InChI is InChI=1S/C12H22N2O/c1-6-9(4)12-10(5)13-11(14-12)7-15-8(2)3/h6,8,10,12H,7H2,1-5H3,(H,13,14)/b9-6+/t10?,12-/m1/s1. The molecule has 1 aliphatic rings. The minimum atomic E-state index is 0.256. The maximum absolute atomic E-state index is 5.52. The summed E-state index contributed by atoms with van der Waals surface area (Å²) in [6.07, 6.45) is 2.38. The first-order valence-electron chi connectivity index (χ1n) is 5.62. The molecule has 3 heteroatoms. The van der Waals surface area contributed by atoms with Crippen molar-refractivity contribution in [3.8, 4) is 0 Å². The van der Waals surface area contributed by atoms with Gasteiger partial charge < -0.3 is 10.1 Å². The molecule has 0 amide bonds. The summed E-state index contributed by atoms with van der Waals surface area (Å²) in [4.78, 5) is 4.62. The van der Waals surface area contributed by atoms with Crippen LogP contribution in [0.25, 0.3) is 0 Å². The number of nitrogens with zero attached hydrogens (tertiary/aromatic N) is 1. The summed E-state index contributed by atoms with van der Waals surface area (Å²) in [6, 6.07) is 0.660. The van der Waals surface area contributed by atoms with Gasteiger partial charge in [-0.2, -0.15) is 0 Å². The van der Waals surface area contributed by atoms with Crippen LogP contribution in [0.5, 0.6) is 0 Å². The highest BCUT2D eigenvalue weighted by atomic mass is 16.5. The molecule has 0 aromatic rings. The van der Waals surface area contributed by atoms with Crippen LogP contribution in [0, 0.1) is 0 Å². The summed E-state index contributed by atoms with van der Waals surface area (Å²) < 4.78 is 5.52. The van der Waals surface area contributed by atoms with Gasteiger partial charge in [0.1, 0.15) is 12.4 Å². The smallest absolute Gasteiger partial charge is 0.124 e. The lowest BCUT2D eigenvalue weighted by molar-refractivity contribution is 0.109. The summed E-state index contributed by atoms with van der Waals surface area (Å²) in [5.41, 5.74) is 1.31. The molecule has 3 nitrogen and oxygen atoms in total. The quantitative estimate of drug-likeness (QED) is 0.721. The third-order valence-electron chi connectivity index (χ3n) is 2.64. The zero-order chi connectivity index (χ0) is 11.4. The molecular weight excluding hydrogens is 188 g/mol. The van der Waals surface area contributed by atoms with Gasteiger partial charge in [-0.05, 0) is 34.6 Å². The van der Waals surface area contributed by atoms with E-state index in [1.54, 1.807) is 0 Å². The average Bonchev–Trinajstić information content (AvgIpc) is 2.55. The maximum atomic E-state index is 5.52. The van der Waals surface area contributed by atoms with Crippen molar-refractivity contribution >= 4 is 5.84 Å². The normalized spacial score (nSPS) is 26.8. The number of amidine groups is 1. The zero-order valence-electron chi connectivity index (χ0n) is 10.4. The minimum Gasteiger partial charge on any atom is -0.371 e. The lowest BCUT2D eigenvalue weighted by Gasteiger charge is -2.13. The van der Waals surface area contributed by atoms with Crippen LogP contribution in [0.15, 0.2) is 16.6 Å². The van der Waals surface area contributed by atoms with E-state index in [4.69, 9.17) is 4.74 Å². The highest BCUT2D eigenvalue weighted by molar-refractivity contribution is 5.86. The van der Waals surface area contributed by atoms with Crippen LogP contribution in [0.3, 0.4) is 0 Å². The zero-order valence-corrected chi connectivity index (χ0v) is 10.4. The van der Waals surface area contributed by atoms with Crippen LogP contribution < -0.4 is 5.32 Å². The van der Waals surface area contributed by atoms with E-state index in [9.17, 15) is 0 Å². The summed E-state index contributed by atoms with van der Waals surface area (Å²) in [5, 5.41) is 3.36. The average molecular weight is 210 g/mol. The van der Waals surface area contributed by atoms with Gasteiger partial charge in [-0.1, -0.05) is 11.6 Å². The van der Waals surface area contributed by atoms with Crippen LogP contribution in [0.1, 0.15) is 34.6 Å². The second kappa shape index (κ2) is 5.31. The van der Waals surface area contributed by atoms with Gasteiger partial charge in [0.25, 0.3) is 0 Å². The Balaban J connectivity index is 2.55. The molecule has 1 heterocycles. The second-order valence-corrected chi connectivity index (χ2v) is 4.35. The van der Waals surface area contributed by atoms with Gasteiger partial charge in [0.05, 0.1) is 18.2 Å². The van der Waals surface area contributed by atoms with Crippen molar-refractivity contribution in [2.45, 2.75) is 52.8 Å². The highest BCUT2D eigenvalue weighted by Crippen LogP contribution is 2.15. The van der Waals surface area contributed by atoms with Gasteiger partial charge in [-0.15, -0.1) is 0 Å². The number of ether oxygens (including phenoxy) is 1. The highest BCUT2D eigenvalue weighted by Gasteiger charge is 2.25. The van der Waals surface area contributed by atoms with E-state index < -0.39 is 0 Å². The molecule has 0 spiro atoms. The van der Waals surface area contributed by atoms with Crippen molar-refractivity contribution in [2.75, 3.05) is 6.61 Å². The Hall–Kier alpha value is -0.830. The van der Waals surface area contributed by atoms with Gasteiger partial charge in [-0.25, -0.2) is 0 Å². The molecule has 0 aromatic heterocycles. The van der Waals surface area contributed by atoms with E-state index in [1.807, 2.05) is 13.8 Å². The number of aliphatic imine (C=N–C) groups is 1. The number of allylic oxidation sites excluding steroid dienone is 1. The summed E-state index contributed by atoms with van der Waals surface area (Å²) in [5.74, 6) is 0.974. The molecule has 0 saturated heterocycles. The number of hydrogen-bond donors (Lipinski definition) is 1. The monoisotopic (exact) mass is 210 g/mol. The third kappa shape index (κ3) is 3.34. The van der Waals surface area contributed by atoms with E-state index >= 15 is 0 Å². The fraction of sp³-hybridized carbons (Fsp3) is 0.750. The van der Waals surface area contributed by atoms with Crippen molar-refractivity contribution in [3.63, 3.8) is 0 Å². The van der Waals surface area contributed by atoms with Gasteiger partial charge in [0, 0.05) is 0 Å². The number of hydrogen-bond acceptors (Lipinski definition) is 3. The van der Waals surface area contributed by atoms with E-state index in [-0.39, 0.29) is 12.1 Å². The van der Waals surface area contributed by atoms with Gasteiger partial charge in [0.2, 0.25) is 0 Å². The van der Waals surface area contributed by atoms with E-state index in [1.165, 1.54) is 5.57 Å². The van der Waals surface area contributed by atoms with Gasteiger partial charge in [-0.3, -0.25) is 4.99 Å². The molecule has 15 heavy (non-hydrogen) atoms. The molecule has 0 aliphatic carbocycles. The SMILES string of the molecule is C/C=C(\C)[C@H]1N=C(COC(C)C)NC1C. The molecule has 0 saturated carbocycles. The Bertz CT molecular complexity index is 269. The molecule has 86 valence electrons. The van der Waals surface area contributed by atoms with E-state index in [0.29, 0.717) is 12.6 Å². The van der Waals surface area contributed by atoms with E-state index in [0.717, 1.165) is 5.84 Å². The minimum absolute atomic E-state index is 0.256. The number of rotatable bonds is 4. The first-order valence-corrected chi connectivity index (χ1v) is 5.62. The maximum Gasteiger partial charge on any atom is 0.124 e. The Kier molecular flexibility index (Phi) is 4.33. The van der Waals surface area contributed by atoms with Gasteiger partial charge >= 0.3 is 0 Å². The Labute approximate surface area is 92.6 Å². The van der Waals surface area contributed by atoms with Crippen molar-refractivity contribution in [1.29, 1.82) is 0 Å². The van der Waals surface area contributed by atoms with Crippen LogP contribution in [0.2, 0.25) is 0 Å². The predicted octanol–water partition coefficient (Wildman–Crippen LogP) is 2.14. The lowest BCUT2D eigenvalue weighted by atomic mass is 10.0. The van der Waals surface area contributed by atoms with Crippen molar-refractivity contribution < 1.29 is 4.74 Å². The Morgan fingerprint density at radius 3 is 2.80 bits per heavy atom. The molecule has 1 unspecified atom stereocenters. The summed E-state index contributed by atoms with van der Waals surface area (Å²) >= 11 is 0. The molecule has 1 aliphatic heterocycles. The van der Waals surface area contributed by atoms with Crippen molar-refractivity contribution in [2.24, 2.45) is 4.99 Å². The Morgan fingerprint density at radius 1 is 1.60 bits per heavy atom.